The van der Waals surface area contributed by atoms with Crippen LogP contribution in [0.4, 0.5) is 4.39 Å². The first-order valence-corrected chi connectivity index (χ1v) is 13.2. The third-order valence-corrected chi connectivity index (χ3v) is 7.37. The Morgan fingerprint density at radius 3 is 2.67 bits per heavy atom. The van der Waals surface area contributed by atoms with Gasteiger partial charge in [-0.2, -0.15) is 0 Å². The van der Waals surface area contributed by atoms with Crippen LogP contribution >= 0.6 is 11.3 Å². The summed E-state index contributed by atoms with van der Waals surface area (Å²) < 4.78 is 38.2. The second-order valence-corrected chi connectivity index (χ2v) is 10.2. The number of methoxy groups -OCH3 is 2. The Balaban J connectivity index is 1.22. The number of fused-ring (bicyclic) bond motifs is 2. The average Bonchev–Trinajstić information content (AvgIpc) is 3.66. The Morgan fingerprint density at radius 1 is 1.05 bits per heavy atom. The van der Waals surface area contributed by atoms with Crippen molar-refractivity contribution in [2.45, 2.75) is 20.0 Å². The number of hydrogen-bond donors (Lipinski definition) is 0. The largest absolute Gasteiger partial charge is 0.496 e. The van der Waals surface area contributed by atoms with Gasteiger partial charge in [-0.25, -0.2) is 13.9 Å². The van der Waals surface area contributed by atoms with Gasteiger partial charge in [-0.05, 0) is 59.2 Å². The smallest absolute Gasteiger partial charge is 0.294 e. The molecule has 3 aromatic heterocycles. The second-order valence-electron chi connectivity index (χ2n) is 9.25. The Bertz CT molecular complexity index is 1840. The molecule has 0 spiro atoms. The first-order valence-electron chi connectivity index (χ1n) is 12.4. The number of ether oxygens (including phenoxy) is 3. The molecule has 6 aromatic rings. The molecule has 3 aromatic carbocycles. The predicted octanol–water partition coefficient (Wildman–Crippen LogP) is 6.67. The van der Waals surface area contributed by atoms with E-state index in [1.807, 2.05) is 36.4 Å². The molecule has 0 bridgehead atoms. The molecule has 0 N–H and O–H groups in total. The van der Waals surface area contributed by atoms with Gasteiger partial charge in [0.05, 0.1) is 25.8 Å². The SMILES string of the molecule is COc1cc(OCc2cccc(CC(=O)c3ccc(F)c(C)c3)c2)c2cc(-c3cn4nc(OC)sc4n3)oc2c1. The van der Waals surface area contributed by atoms with Crippen LogP contribution in [0.5, 0.6) is 16.7 Å². The summed E-state index contributed by atoms with van der Waals surface area (Å²) in [5, 5.41) is 5.62. The van der Waals surface area contributed by atoms with Crippen molar-refractivity contribution < 1.29 is 27.8 Å². The molecule has 40 heavy (non-hydrogen) atoms. The number of carbonyl (C=O) groups excluding carboxylic acids is 1. The normalized spacial score (nSPS) is 11.3. The summed E-state index contributed by atoms with van der Waals surface area (Å²) in [6, 6.07) is 17.6. The lowest BCUT2D eigenvalue weighted by Crippen LogP contribution is -2.05. The van der Waals surface area contributed by atoms with Crippen molar-refractivity contribution in [2.24, 2.45) is 0 Å². The van der Waals surface area contributed by atoms with E-state index in [1.165, 1.54) is 23.5 Å². The molecule has 0 unspecified atom stereocenters. The quantitative estimate of drug-likeness (QED) is 0.183. The number of carbonyl (C=O) groups is 1. The number of hydrogen-bond acceptors (Lipinski definition) is 8. The molecule has 0 amide bonds. The number of aryl methyl sites for hydroxylation is 1. The zero-order valence-corrected chi connectivity index (χ0v) is 22.8. The second kappa shape index (κ2) is 10.5. The van der Waals surface area contributed by atoms with Gasteiger partial charge in [-0.15, -0.1) is 5.10 Å². The maximum atomic E-state index is 13.6. The summed E-state index contributed by atoms with van der Waals surface area (Å²) in [6.45, 7) is 1.92. The molecule has 3 heterocycles. The minimum atomic E-state index is -0.325. The number of furan rings is 1. The zero-order valence-electron chi connectivity index (χ0n) is 21.9. The van der Waals surface area contributed by atoms with Crippen molar-refractivity contribution in [3.63, 3.8) is 0 Å². The summed E-state index contributed by atoms with van der Waals surface area (Å²) in [4.78, 5) is 18.1. The van der Waals surface area contributed by atoms with Gasteiger partial charge in [0, 0.05) is 24.1 Å². The molecule has 8 nitrogen and oxygen atoms in total. The molecule has 0 radical (unpaired) electrons. The molecular formula is C30H24FN3O5S. The highest BCUT2D eigenvalue weighted by Gasteiger charge is 2.17. The molecule has 0 saturated heterocycles. The van der Waals surface area contributed by atoms with Crippen molar-refractivity contribution in [2.75, 3.05) is 14.2 Å². The molecule has 202 valence electrons. The highest BCUT2D eigenvalue weighted by atomic mass is 32.1. The van der Waals surface area contributed by atoms with Crippen molar-refractivity contribution in [1.29, 1.82) is 0 Å². The van der Waals surface area contributed by atoms with Crippen LogP contribution in [-0.2, 0) is 13.0 Å². The summed E-state index contributed by atoms with van der Waals surface area (Å²) in [7, 11) is 3.15. The van der Waals surface area contributed by atoms with Crippen LogP contribution in [0.1, 0.15) is 27.0 Å². The van der Waals surface area contributed by atoms with Crippen molar-refractivity contribution in [3.05, 3.63) is 94.9 Å². The van der Waals surface area contributed by atoms with Gasteiger partial charge < -0.3 is 18.6 Å². The van der Waals surface area contributed by atoms with Gasteiger partial charge >= 0.3 is 0 Å². The first kappa shape index (κ1) is 25.6. The summed E-state index contributed by atoms with van der Waals surface area (Å²) >= 11 is 1.34. The number of aromatic nitrogens is 3. The van der Waals surface area contributed by atoms with Gasteiger partial charge in [0.2, 0.25) is 4.96 Å². The zero-order chi connectivity index (χ0) is 27.8. The van der Waals surface area contributed by atoms with Gasteiger partial charge in [0.15, 0.2) is 11.5 Å². The predicted molar refractivity (Wildman–Crippen MR) is 149 cm³/mol. The van der Waals surface area contributed by atoms with Crippen LogP contribution in [0, 0.1) is 12.7 Å². The number of halogens is 1. The lowest BCUT2D eigenvalue weighted by molar-refractivity contribution is 0.0992. The van der Waals surface area contributed by atoms with E-state index in [2.05, 4.69) is 10.1 Å². The van der Waals surface area contributed by atoms with Crippen LogP contribution in [0.15, 0.2) is 71.3 Å². The maximum Gasteiger partial charge on any atom is 0.294 e. The molecule has 0 fully saturated rings. The van der Waals surface area contributed by atoms with Gasteiger partial charge in [0.1, 0.15) is 35.2 Å². The van der Waals surface area contributed by atoms with E-state index in [-0.39, 0.29) is 24.6 Å². The third kappa shape index (κ3) is 5.01. The third-order valence-electron chi connectivity index (χ3n) is 6.49. The molecule has 6 rings (SSSR count). The Morgan fingerprint density at radius 2 is 1.90 bits per heavy atom. The number of rotatable bonds is 9. The van der Waals surface area contributed by atoms with Crippen LogP contribution in [0.25, 0.3) is 27.4 Å². The summed E-state index contributed by atoms with van der Waals surface area (Å²) in [5.41, 5.74) is 3.91. The lowest BCUT2D eigenvalue weighted by Gasteiger charge is -2.10. The highest BCUT2D eigenvalue weighted by Crippen LogP contribution is 2.37. The van der Waals surface area contributed by atoms with E-state index in [0.717, 1.165) is 16.5 Å². The van der Waals surface area contributed by atoms with Gasteiger partial charge in [0.25, 0.3) is 5.19 Å². The molecule has 0 saturated carbocycles. The van der Waals surface area contributed by atoms with Crippen LogP contribution < -0.4 is 14.2 Å². The van der Waals surface area contributed by atoms with E-state index in [0.29, 0.717) is 49.8 Å². The van der Waals surface area contributed by atoms with E-state index < -0.39 is 0 Å². The van der Waals surface area contributed by atoms with Crippen molar-refractivity contribution >= 4 is 33.1 Å². The van der Waals surface area contributed by atoms with Crippen molar-refractivity contribution in [3.8, 4) is 28.1 Å². The number of Topliss-reactive ketones (excluding diaryl/α,β-unsaturated/α-hetero) is 1. The highest BCUT2D eigenvalue weighted by molar-refractivity contribution is 7.18. The van der Waals surface area contributed by atoms with E-state index in [4.69, 9.17) is 18.6 Å². The molecule has 0 aliphatic rings. The number of imidazole rings is 1. The molecule has 0 aliphatic carbocycles. The summed E-state index contributed by atoms with van der Waals surface area (Å²) in [5.74, 6) is 1.35. The standard InChI is InChI=1S/C30H24FN3O5S/c1-17-9-20(7-8-23(17)31)25(35)11-18-5-4-6-19(10-18)16-38-26-12-21(36-2)13-27-22(26)14-28(39-27)24-15-34-29(32-24)40-30(33-34)37-3/h4-10,12-15H,11,16H2,1-3H3. The van der Waals surface area contributed by atoms with Crippen molar-refractivity contribution in [1.82, 2.24) is 14.6 Å². The number of ketones is 1. The molecule has 0 aliphatic heterocycles. The minimum absolute atomic E-state index is 0.0746. The number of benzene rings is 3. The lowest BCUT2D eigenvalue weighted by atomic mass is 10.00. The van der Waals surface area contributed by atoms with Gasteiger partial charge in [-0.3, -0.25) is 4.79 Å². The average molecular weight is 558 g/mol. The maximum absolute atomic E-state index is 13.6. The van der Waals surface area contributed by atoms with Crippen LogP contribution in [0.2, 0.25) is 0 Å². The minimum Gasteiger partial charge on any atom is -0.496 e. The van der Waals surface area contributed by atoms with Crippen LogP contribution in [0.3, 0.4) is 0 Å². The topological polar surface area (TPSA) is 88.1 Å². The first-order chi connectivity index (χ1) is 19.4. The number of nitrogens with zero attached hydrogens (tertiary/aromatic N) is 3. The fraction of sp³-hybridized carbons (Fsp3) is 0.167. The molecule has 0 atom stereocenters. The summed E-state index contributed by atoms with van der Waals surface area (Å²) in [6.07, 6.45) is 1.99. The Kier molecular flexibility index (Phi) is 6.69. The Hall–Kier alpha value is -4.70. The Labute approximate surface area is 232 Å². The van der Waals surface area contributed by atoms with Gasteiger partial charge in [-0.1, -0.05) is 24.3 Å². The van der Waals surface area contributed by atoms with E-state index in [1.54, 1.807) is 44.0 Å². The fourth-order valence-corrected chi connectivity index (χ4v) is 5.12. The molecular weight excluding hydrogens is 533 g/mol. The van der Waals surface area contributed by atoms with E-state index in [9.17, 15) is 9.18 Å². The molecule has 10 heteroatoms. The van der Waals surface area contributed by atoms with E-state index >= 15 is 0 Å². The van der Waals surface area contributed by atoms with Crippen LogP contribution in [-0.4, -0.2) is 34.6 Å². The monoisotopic (exact) mass is 557 g/mol. The fourth-order valence-electron chi connectivity index (χ4n) is 4.43.